The lowest BCUT2D eigenvalue weighted by molar-refractivity contribution is 0.0697. The smallest absolute Gasteiger partial charge is 0.335 e. The van der Waals surface area contributed by atoms with Crippen LogP contribution in [-0.4, -0.2) is 41.8 Å². The quantitative estimate of drug-likeness (QED) is 0.763. The number of nitrogens with one attached hydrogen (secondary N) is 1. The molecule has 0 aliphatic rings. The summed E-state index contributed by atoms with van der Waals surface area (Å²) < 4.78 is 26.1. The molecule has 0 saturated heterocycles. The number of sulfonamides is 1. The van der Waals surface area contributed by atoms with Crippen LogP contribution in [0, 0.1) is 0 Å². The van der Waals surface area contributed by atoms with Crippen molar-refractivity contribution in [2.24, 2.45) is 0 Å². The highest BCUT2D eigenvalue weighted by Gasteiger charge is 2.08. The second kappa shape index (κ2) is 5.59. The van der Waals surface area contributed by atoms with Gasteiger partial charge in [-0.25, -0.2) is 22.9 Å². The van der Waals surface area contributed by atoms with Crippen LogP contribution in [0.3, 0.4) is 0 Å². The van der Waals surface area contributed by atoms with Gasteiger partial charge < -0.3 is 9.67 Å². The molecule has 1 aromatic heterocycles. The van der Waals surface area contributed by atoms with Crippen molar-refractivity contribution in [3.63, 3.8) is 0 Å². The molecule has 20 heavy (non-hydrogen) atoms. The molecular weight excluding hydrogens is 282 g/mol. The largest absolute Gasteiger partial charge is 0.478 e. The van der Waals surface area contributed by atoms with Crippen LogP contribution >= 0.6 is 0 Å². The summed E-state index contributed by atoms with van der Waals surface area (Å²) in [5.74, 6) is -0.988. The minimum Gasteiger partial charge on any atom is -0.478 e. The van der Waals surface area contributed by atoms with Crippen LogP contribution in [0.5, 0.6) is 0 Å². The summed E-state index contributed by atoms with van der Waals surface area (Å²) >= 11 is 0. The standard InChI is InChI=1S/C12H15N3O4S/c1-20(18,19)14-5-2-6-15-8-13-10-4-3-9(12(16)17)7-11(10)15/h3-4,7-8,14H,2,5-6H2,1H3,(H,16,17). The molecule has 0 radical (unpaired) electrons. The number of carboxylic acid groups (broad SMARTS) is 1. The lowest BCUT2D eigenvalue weighted by atomic mass is 10.2. The predicted octanol–water partition coefficient (Wildman–Crippen LogP) is 0.674. The van der Waals surface area contributed by atoms with Crippen molar-refractivity contribution < 1.29 is 18.3 Å². The molecule has 0 aliphatic carbocycles. The SMILES string of the molecule is CS(=O)(=O)NCCCn1cnc2ccc(C(=O)O)cc21. The van der Waals surface area contributed by atoms with Gasteiger partial charge in [-0.1, -0.05) is 0 Å². The Morgan fingerprint density at radius 1 is 1.45 bits per heavy atom. The van der Waals surface area contributed by atoms with Crippen LogP contribution in [-0.2, 0) is 16.6 Å². The van der Waals surface area contributed by atoms with Crippen LogP contribution in [0.2, 0.25) is 0 Å². The van der Waals surface area contributed by atoms with Crippen molar-refractivity contribution in [1.29, 1.82) is 0 Å². The number of imidazole rings is 1. The maximum Gasteiger partial charge on any atom is 0.335 e. The van der Waals surface area contributed by atoms with E-state index in [1.165, 1.54) is 6.07 Å². The van der Waals surface area contributed by atoms with Crippen LogP contribution in [0.4, 0.5) is 0 Å². The summed E-state index contributed by atoms with van der Waals surface area (Å²) in [5.41, 5.74) is 1.64. The lowest BCUT2D eigenvalue weighted by Gasteiger charge is -2.05. The predicted molar refractivity (Wildman–Crippen MR) is 74.2 cm³/mol. The van der Waals surface area contributed by atoms with Crippen LogP contribution in [0.1, 0.15) is 16.8 Å². The first-order valence-electron chi connectivity index (χ1n) is 5.99. The number of benzene rings is 1. The first-order chi connectivity index (χ1) is 9.37. The normalized spacial score (nSPS) is 11.8. The van der Waals surface area contributed by atoms with Gasteiger partial charge in [0.05, 0.1) is 29.2 Å². The van der Waals surface area contributed by atoms with E-state index in [-0.39, 0.29) is 5.56 Å². The lowest BCUT2D eigenvalue weighted by Crippen LogP contribution is -2.23. The fourth-order valence-corrected chi connectivity index (χ4v) is 2.39. The van der Waals surface area contributed by atoms with Crippen LogP contribution in [0.15, 0.2) is 24.5 Å². The monoisotopic (exact) mass is 297 g/mol. The average molecular weight is 297 g/mol. The molecule has 0 atom stereocenters. The van der Waals surface area contributed by atoms with E-state index in [1.54, 1.807) is 18.5 Å². The van der Waals surface area contributed by atoms with Gasteiger partial charge in [-0.05, 0) is 24.6 Å². The highest BCUT2D eigenvalue weighted by atomic mass is 32.2. The fraction of sp³-hybridized carbons (Fsp3) is 0.333. The number of hydrogen-bond acceptors (Lipinski definition) is 4. The zero-order valence-electron chi connectivity index (χ0n) is 10.9. The number of carboxylic acids is 1. The van der Waals surface area contributed by atoms with Crippen molar-refractivity contribution in [2.45, 2.75) is 13.0 Å². The van der Waals surface area contributed by atoms with E-state index < -0.39 is 16.0 Å². The van der Waals surface area contributed by atoms with Crippen molar-refractivity contribution in [2.75, 3.05) is 12.8 Å². The Hall–Kier alpha value is -1.93. The van der Waals surface area contributed by atoms with E-state index in [0.717, 1.165) is 11.8 Å². The summed E-state index contributed by atoms with van der Waals surface area (Å²) in [6.07, 6.45) is 3.32. The van der Waals surface area contributed by atoms with Crippen LogP contribution in [0.25, 0.3) is 11.0 Å². The zero-order valence-corrected chi connectivity index (χ0v) is 11.7. The summed E-state index contributed by atoms with van der Waals surface area (Å²) in [4.78, 5) is 15.1. The summed E-state index contributed by atoms with van der Waals surface area (Å²) in [5, 5.41) is 8.97. The van der Waals surface area contributed by atoms with Gasteiger partial charge in [-0.15, -0.1) is 0 Å². The number of nitrogens with zero attached hydrogens (tertiary/aromatic N) is 2. The molecule has 2 aromatic rings. The van der Waals surface area contributed by atoms with Crippen molar-refractivity contribution in [3.05, 3.63) is 30.1 Å². The number of carbonyl (C=O) groups is 1. The number of rotatable bonds is 6. The Morgan fingerprint density at radius 2 is 2.20 bits per heavy atom. The molecule has 8 heteroatoms. The third kappa shape index (κ3) is 3.55. The molecule has 0 saturated carbocycles. The van der Waals surface area contributed by atoms with Gasteiger partial charge in [-0.2, -0.15) is 0 Å². The number of hydrogen-bond donors (Lipinski definition) is 2. The third-order valence-corrected chi connectivity index (χ3v) is 3.54. The molecule has 1 heterocycles. The van der Waals surface area contributed by atoms with Gasteiger partial charge in [0, 0.05) is 13.1 Å². The van der Waals surface area contributed by atoms with Gasteiger partial charge in [0.25, 0.3) is 0 Å². The second-order valence-corrected chi connectivity index (χ2v) is 6.30. The molecule has 0 aliphatic heterocycles. The second-order valence-electron chi connectivity index (χ2n) is 4.47. The Bertz CT molecular complexity index is 736. The molecule has 1 aromatic carbocycles. The topological polar surface area (TPSA) is 101 Å². The van der Waals surface area contributed by atoms with E-state index in [1.807, 2.05) is 4.57 Å². The first kappa shape index (κ1) is 14.5. The maximum absolute atomic E-state index is 10.9. The highest BCUT2D eigenvalue weighted by molar-refractivity contribution is 7.88. The summed E-state index contributed by atoms with van der Waals surface area (Å²) in [6, 6.07) is 4.73. The van der Waals surface area contributed by atoms with Gasteiger partial charge in [0.1, 0.15) is 0 Å². The third-order valence-electron chi connectivity index (χ3n) is 2.81. The summed E-state index contributed by atoms with van der Waals surface area (Å²) in [7, 11) is -3.18. The summed E-state index contributed by atoms with van der Waals surface area (Å²) in [6.45, 7) is 0.888. The number of aromatic nitrogens is 2. The molecule has 2 N–H and O–H groups in total. The molecular formula is C12H15N3O4S. The first-order valence-corrected chi connectivity index (χ1v) is 7.89. The number of aryl methyl sites for hydroxylation is 1. The Balaban J connectivity index is 2.10. The van der Waals surface area contributed by atoms with E-state index in [0.29, 0.717) is 25.0 Å². The van der Waals surface area contributed by atoms with Gasteiger partial charge in [-0.3, -0.25) is 0 Å². The van der Waals surface area contributed by atoms with E-state index in [2.05, 4.69) is 9.71 Å². The van der Waals surface area contributed by atoms with E-state index >= 15 is 0 Å². The molecule has 108 valence electrons. The van der Waals surface area contributed by atoms with E-state index in [9.17, 15) is 13.2 Å². The average Bonchev–Trinajstić information content (AvgIpc) is 2.76. The highest BCUT2D eigenvalue weighted by Crippen LogP contribution is 2.15. The van der Waals surface area contributed by atoms with Gasteiger partial charge >= 0.3 is 5.97 Å². The minimum absolute atomic E-state index is 0.202. The number of aromatic carboxylic acids is 1. The van der Waals surface area contributed by atoms with Crippen molar-refractivity contribution in [1.82, 2.24) is 14.3 Å². The van der Waals surface area contributed by atoms with Gasteiger partial charge in [0.15, 0.2) is 0 Å². The zero-order chi connectivity index (χ0) is 14.8. The van der Waals surface area contributed by atoms with Gasteiger partial charge in [0.2, 0.25) is 10.0 Å². The molecule has 2 rings (SSSR count). The molecule has 0 fully saturated rings. The maximum atomic E-state index is 10.9. The molecule has 0 bridgehead atoms. The van der Waals surface area contributed by atoms with Crippen molar-refractivity contribution >= 4 is 27.0 Å². The molecule has 7 nitrogen and oxygen atoms in total. The number of fused-ring (bicyclic) bond motifs is 1. The Labute approximate surface area is 116 Å². The minimum atomic E-state index is -3.18. The Morgan fingerprint density at radius 3 is 2.85 bits per heavy atom. The van der Waals surface area contributed by atoms with Crippen molar-refractivity contribution in [3.8, 4) is 0 Å². The van der Waals surface area contributed by atoms with Crippen LogP contribution < -0.4 is 4.72 Å². The molecule has 0 unspecified atom stereocenters. The molecule has 0 spiro atoms. The fourth-order valence-electron chi connectivity index (χ4n) is 1.87. The van der Waals surface area contributed by atoms with E-state index in [4.69, 9.17) is 5.11 Å². The molecule has 0 amide bonds. The Kier molecular flexibility index (Phi) is 4.05.